The summed E-state index contributed by atoms with van der Waals surface area (Å²) in [6.45, 7) is 4.24. The van der Waals surface area contributed by atoms with Crippen molar-refractivity contribution < 1.29 is 9.13 Å². The molecule has 1 aromatic carbocycles. The highest BCUT2D eigenvalue weighted by Crippen LogP contribution is 2.21. The van der Waals surface area contributed by atoms with E-state index < -0.39 is 5.82 Å². The molecule has 18 heavy (non-hydrogen) atoms. The molecule has 0 amide bonds. The Balaban J connectivity index is 2.07. The first-order chi connectivity index (χ1) is 8.58. The Morgan fingerprint density at radius 2 is 2.22 bits per heavy atom. The van der Waals surface area contributed by atoms with Crippen LogP contribution in [-0.4, -0.2) is 14.8 Å². The smallest absolute Gasteiger partial charge is 0.165 e. The molecule has 1 aromatic heterocycles. The molecule has 0 saturated heterocycles. The molecular weight excluding hydrogens is 257 g/mol. The molecule has 0 spiro atoms. The Hall–Kier alpha value is -1.62. The zero-order valence-corrected chi connectivity index (χ0v) is 10.9. The van der Waals surface area contributed by atoms with Crippen molar-refractivity contribution >= 4 is 11.6 Å². The highest BCUT2D eigenvalue weighted by atomic mass is 35.5. The lowest BCUT2D eigenvalue weighted by atomic mass is 10.3. The van der Waals surface area contributed by atoms with Crippen molar-refractivity contribution in [3.05, 3.63) is 41.2 Å². The van der Waals surface area contributed by atoms with E-state index in [1.807, 2.05) is 13.8 Å². The Labute approximate surface area is 109 Å². The van der Waals surface area contributed by atoms with E-state index in [1.165, 1.54) is 18.5 Å². The van der Waals surface area contributed by atoms with Gasteiger partial charge in [-0.1, -0.05) is 11.6 Å². The van der Waals surface area contributed by atoms with Crippen LogP contribution in [0.3, 0.4) is 0 Å². The lowest BCUT2D eigenvalue weighted by Gasteiger charge is -2.10. The molecule has 0 atom stereocenters. The number of hydrogen-bond donors (Lipinski definition) is 0. The van der Waals surface area contributed by atoms with Crippen molar-refractivity contribution in [3.8, 4) is 5.75 Å². The standard InChI is InChI=1S/C12H13ClFN3O/c1-8(2)17-12(15-7-16-17)6-18-9-3-4-10(13)11(14)5-9/h3-5,7-8H,6H2,1-2H3. The highest BCUT2D eigenvalue weighted by Gasteiger charge is 2.09. The van der Waals surface area contributed by atoms with Gasteiger partial charge in [-0.15, -0.1) is 0 Å². The van der Waals surface area contributed by atoms with Gasteiger partial charge in [0.1, 0.15) is 24.5 Å². The average molecular weight is 270 g/mol. The van der Waals surface area contributed by atoms with Gasteiger partial charge in [-0.3, -0.25) is 0 Å². The summed E-state index contributed by atoms with van der Waals surface area (Å²) in [5, 5.41) is 4.17. The minimum atomic E-state index is -0.500. The molecule has 0 aliphatic rings. The molecule has 0 N–H and O–H groups in total. The number of nitrogens with zero attached hydrogens (tertiary/aromatic N) is 3. The van der Waals surface area contributed by atoms with E-state index in [4.69, 9.17) is 16.3 Å². The summed E-state index contributed by atoms with van der Waals surface area (Å²) in [5.41, 5.74) is 0. The predicted octanol–water partition coefficient (Wildman–Crippen LogP) is 3.23. The minimum Gasteiger partial charge on any atom is -0.486 e. The Morgan fingerprint density at radius 3 is 2.89 bits per heavy atom. The first kappa shape index (κ1) is 12.8. The lowest BCUT2D eigenvalue weighted by Crippen LogP contribution is -2.10. The van der Waals surface area contributed by atoms with Gasteiger partial charge < -0.3 is 4.74 Å². The molecule has 0 unspecified atom stereocenters. The predicted molar refractivity (Wildman–Crippen MR) is 66.1 cm³/mol. The van der Waals surface area contributed by atoms with E-state index in [-0.39, 0.29) is 17.7 Å². The summed E-state index contributed by atoms with van der Waals surface area (Å²) in [6, 6.07) is 4.52. The van der Waals surface area contributed by atoms with Gasteiger partial charge in [0, 0.05) is 12.1 Å². The zero-order valence-electron chi connectivity index (χ0n) is 10.1. The molecule has 2 aromatic rings. The van der Waals surface area contributed by atoms with Crippen LogP contribution in [0.1, 0.15) is 25.7 Å². The second-order valence-electron chi connectivity index (χ2n) is 4.08. The fourth-order valence-electron chi connectivity index (χ4n) is 1.52. The third-order valence-electron chi connectivity index (χ3n) is 2.40. The largest absolute Gasteiger partial charge is 0.486 e. The number of rotatable bonds is 4. The van der Waals surface area contributed by atoms with Crippen LogP contribution < -0.4 is 4.74 Å². The van der Waals surface area contributed by atoms with Crippen molar-refractivity contribution in [1.82, 2.24) is 14.8 Å². The molecule has 0 fully saturated rings. The van der Waals surface area contributed by atoms with E-state index in [2.05, 4.69) is 10.1 Å². The quantitative estimate of drug-likeness (QED) is 0.855. The Morgan fingerprint density at radius 1 is 1.44 bits per heavy atom. The van der Waals surface area contributed by atoms with E-state index >= 15 is 0 Å². The second kappa shape index (κ2) is 5.35. The average Bonchev–Trinajstić information content (AvgIpc) is 2.79. The maximum absolute atomic E-state index is 13.2. The molecule has 1 heterocycles. The van der Waals surface area contributed by atoms with E-state index in [9.17, 15) is 4.39 Å². The zero-order chi connectivity index (χ0) is 13.1. The molecule has 0 saturated carbocycles. The molecule has 96 valence electrons. The first-order valence-corrected chi connectivity index (χ1v) is 5.92. The van der Waals surface area contributed by atoms with Gasteiger partial charge in [-0.2, -0.15) is 5.10 Å². The lowest BCUT2D eigenvalue weighted by molar-refractivity contribution is 0.281. The van der Waals surface area contributed by atoms with Crippen LogP contribution in [0.15, 0.2) is 24.5 Å². The summed E-state index contributed by atoms with van der Waals surface area (Å²) in [4.78, 5) is 4.10. The maximum Gasteiger partial charge on any atom is 0.165 e. The van der Waals surface area contributed by atoms with Crippen molar-refractivity contribution in [2.24, 2.45) is 0 Å². The molecule has 2 rings (SSSR count). The van der Waals surface area contributed by atoms with Gasteiger partial charge >= 0.3 is 0 Å². The van der Waals surface area contributed by atoms with Gasteiger partial charge in [0.2, 0.25) is 0 Å². The van der Waals surface area contributed by atoms with Gasteiger partial charge in [-0.05, 0) is 26.0 Å². The van der Waals surface area contributed by atoms with Crippen LogP contribution >= 0.6 is 11.6 Å². The van der Waals surface area contributed by atoms with E-state index in [0.29, 0.717) is 11.6 Å². The van der Waals surface area contributed by atoms with Crippen molar-refractivity contribution in [3.63, 3.8) is 0 Å². The van der Waals surface area contributed by atoms with Gasteiger partial charge in [0.15, 0.2) is 5.82 Å². The fraction of sp³-hybridized carbons (Fsp3) is 0.333. The van der Waals surface area contributed by atoms with Gasteiger partial charge in [0.25, 0.3) is 0 Å². The third kappa shape index (κ3) is 2.79. The van der Waals surface area contributed by atoms with Crippen LogP contribution in [-0.2, 0) is 6.61 Å². The molecule has 4 nitrogen and oxygen atoms in total. The van der Waals surface area contributed by atoms with Gasteiger partial charge in [-0.25, -0.2) is 14.1 Å². The van der Waals surface area contributed by atoms with Crippen molar-refractivity contribution in [1.29, 1.82) is 0 Å². The number of hydrogen-bond acceptors (Lipinski definition) is 3. The van der Waals surface area contributed by atoms with Crippen LogP contribution in [0.5, 0.6) is 5.75 Å². The topological polar surface area (TPSA) is 39.9 Å². The fourth-order valence-corrected chi connectivity index (χ4v) is 1.64. The van der Waals surface area contributed by atoms with Gasteiger partial charge in [0.05, 0.1) is 5.02 Å². The normalized spacial score (nSPS) is 10.9. The second-order valence-corrected chi connectivity index (χ2v) is 4.49. The molecule has 0 radical (unpaired) electrons. The molecule has 0 aliphatic heterocycles. The summed E-state index contributed by atoms with van der Waals surface area (Å²) < 4.78 is 20.4. The summed E-state index contributed by atoms with van der Waals surface area (Å²) >= 11 is 5.59. The monoisotopic (exact) mass is 269 g/mol. The minimum absolute atomic E-state index is 0.0766. The molecule has 0 bridgehead atoms. The number of benzene rings is 1. The van der Waals surface area contributed by atoms with E-state index in [1.54, 1.807) is 10.7 Å². The number of halogens is 2. The van der Waals surface area contributed by atoms with Crippen LogP contribution in [0.4, 0.5) is 4.39 Å². The number of ether oxygens (including phenoxy) is 1. The van der Waals surface area contributed by atoms with E-state index in [0.717, 1.165) is 0 Å². The van der Waals surface area contributed by atoms with Crippen molar-refractivity contribution in [2.75, 3.05) is 0 Å². The highest BCUT2D eigenvalue weighted by molar-refractivity contribution is 6.30. The Bertz CT molecular complexity index is 542. The Kier molecular flexibility index (Phi) is 3.81. The first-order valence-electron chi connectivity index (χ1n) is 5.54. The van der Waals surface area contributed by atoms with Crippen molar-refractivity contribution in [2.45, 2.75) is 26.5 Å². The maximum atomic E-state index is 13.2. The molecule has 0 aliphatic carbocycles. The van der Waals surface area contributed by atoms with Crippen LogP contribution in [0.2, 0.25) is 5.02 Å². The third-order valence-corrected chi connectivity index (χ3v) is 2.70. The SMILES string of the molecule is CC(C)n1ncnc1COc1ccc(Cl)c(F)c1. The molecular formula is C12H13ClFN3O. The summed E-state index contributed by atoms with van der Waals surface area (Å²) in [7, 11) is 0. The summed E-state index contributed by atoms with van der Waals surface area (Å²) in [5.74, 6) is 0.607. The summed E-state index contributed by atoms with van der Waals surface area (Å²) in [6.07, 6.45) is 1.47. The molecule has 6 heteroatoms. The van der Waals surface area contributed by atoms with Crippen LogP contribution in [0.25, 0.3) is 0 Å². The van der Waals surface area contributed by atoms with Crippen LogP contribution in [0, 0.1) is 5.82 Å². The number of aromatic nitrogens is 3.